The van der Waals surface area contributed by atoms with Gasteiger partial charge in [-0.15, -0.1) is 0 Å². The summed E-state index contributed by atoms with van der Waals surface area (Å²) < 4.78 is 7.43. The number of hydrogen-bond acceptors (Lipinski definition) is 4. The predicted octanol–water partition coefficient (Wildman–Crippen LogP) is 2.41. The topological polar surface area (TPSA) is 65.1 Å². The molecular weight excluding hydrogens is 240 g/mol. The van der Waals surface area contributed by atoms with E-state index in [-0.39, 0.29) is 0 Å². The van der Waals surface area contributed by atoms with Gasteiger partial charge in [0.25, 0.3) is 0 Å². The molecule has 0 atom stereocenters. The first-order chi connectivity index (χ1) is 9.06. The number of nitrogens with zero attached hydrogens (tertiary/aromatic N) is 2. The Labute approximate surface area is 115 Å². The molecule has 0 amide bonds. The van der Waals surface area contributed by atoms with Crippen molar-refractivity contribution in [3.05, 3.63) is 5.69 Å². The molecule has 2 heterocycles. The highest BCUT2D eigenvalue weighted by Gasteiger charge is 2.27. The lowest BCUT2D eigenvalue weighted by Gasteiger charge is -2.34. The number of nitrogens with one attached hydrogen (secondary N) is 1. The van der Waals surface area contributed by atoms with Crippen LogP contribution in [0.5, 0.6) is 0 Å². The fourth-order valence-electron chi connectivity index (χ4n) is 2.49. The van der Waals surface area contributed by atoms with E-state index in [1.54, 1.807) is 0 Å². The van der Waals surface area contributed by atoms with Crippen LogP contribution in [0.4, 0.5) is 11.5 Å². The van der Waals surface area contributed by atoms with E-state index in [4.69, 9.17) is 10.5 Å². The molecule has 1 aliphatic heterocycles. The molecule has 0 bridgehead atoms. The molecule has 5 nitrogen and oxygen atoms in total. The standard InChI is InChI=1S/C14H26N4O/c1-4-7-18-13(12(15)11(2)17-18)16-10-14(3)5-8-19-9-6-14/h16H,4-10,15H2,1-3H3. The Hall–Kier alpha value is -1.23. The van der Waals surface area contributed by atoms with Gasteiger partial charge in [0.2, 0.25) is 0 Å². The molecule has 108 valence electrons. The molecule has 1 fully saturated rings. The van der Waals surface area contributed by atoms with Crippen LogP contribution in [0.3, 0.4) is 0 Å². The second kappa shape index (κ2) is 5.82. The van der Waals surface area contributed by atoms with E-state index < -0.39 is 0 Å². The highest BCUT2D eigenvalue weighted by molar-refractivity contribution is 5.64. The summed E-state index contributed by atoms with van der Waals surface area (Å²) >= 11 is 0. The van der Waals surface area contributed by atoms with Gasteiger partial charge in [-0.3, -0.25) is 0 Å². The summed E-state index contributed by atoms with van der Waals surface area (Å²) in [4.78, 5) is 0. The quantitative estimate of drug-likeness (QED) is 0.859. The van der Waals surface area contributed by atoms with E-state index in [1.165, 1.54) is 0 Å². The van der Waals surface area contributed by atoms with Crippen molar-refractivity contribution in [3.63, 3.8) is 0 Å². The number of hydrogen-bond donors (Lipinski definition) is 2. The minimum Gasteiger partial charge on any atom is -0.394 e. The lowest BCUT2D eigenvalue weighted by Crippen LogP contribution is -2.33. The summed E-state index contributed by atoms with van der Waals surface area (Å²) in [6.45, 7) is 9.98. The van der Waals surface area contributed by atoms with Crippen molar-refractivity contribution in [2.45, 2.75) is 46.6 Å². The number of ether oxygens (including phenoxy) is 1. The smallest absolute Gasteiger partial charge is 0.148 e. The summed E-state index contributed by atoms with van der Waals surface area (Å²) in [6.07, 6.45) is 3.25. The summed E-state index contributed by atoms with van der Waals surface area (Å²) in [5.41, 5.74) is 8.11. The van der Waals surface area contributed by atoms with E-state index in [2.05, 4.69) is 24.3 Å². The number of aromatic nitrogens is 2. The minimum atomic E-state index is 0.292. The fourth-order valence-corrected chi connectivity index (χ4v) is 2.49. The van der Waals surface area contributed by atoms with Gasteiger partial charge >= 0.3 is 0 Å². The van der Waals surface area contributed by atoms with Crippen LogP contribution < -0.4 is 11.1 Å². The fraction of sp³-hybridized carbons (Fsp3) is 0.786. The molecule has 1 aliphatic rings. The van der Waals surface area contributed by atoms with Gasteiger partial charge in [-0.25, -0.2) is 4.68 Å². The van der Waals surface area contributed by atoms with Crippen molar-refractivity contribution in [2.24, 2.45) is 5.41 Å². The molecule has 0 saturated carbocycles. The average molecular weight is 266 g/mol. The van der Waals surface area contributed by atoms with Gasteiger partial charge < -0.3 is 15.8 Å². The van der Waals surface area contributed by atoms with Crippen LogP contribution in [0.25, 0.3) is 0 Å². The van der Waals surface area contributed by atoms with E-state index in [0.29, 0.717) is 5.41 Å². The van der Waals surface area contributed by atoms with Gasteiger partial charge in [0.15, 0.2) is 0 Å². The lowest BCUT2D eigenvalue weighted by molar-refractivity contribution is 0.0299. The lowest BCUT2D eigenvalue weighted by atomic mass is 9.82. The number of aryl methyl sites for hydroxylation is 2. The van der Waals surface area contributed by atoms with Crippen molar-refractivity contribution in [1.29, 1.82) is 0 Å². The SMILES string of the molecule is CCCn1nc(C)c(N)c1NCC1(C)CCOCC1. The number of anilines is 2. The summed E-state index contributed by atoms with van der Waals surface area (Å²) in [5.74, 6) is 0.979. The Balaban J connectivity index is 2.05. The first-order valence-corrected chi connectivity index (χ1v) is 7.20. The average Bonchev–Trinajstić information content (AvgIpc) is 2.64. The van der Waals surface area contributed by atoms with Crippen LogP contribution in [0, 0.1) is 12.3 Å². The van der Waals surface area contributed by atoms with Gasteiger partial charge in [-0.1, -0.05) is 13.8 Å². The van der Waals surface area contributed by atoms with Crippen LogP contribution in [-0.2, 0) is 11.3 Å². The van der Waals surface area contributed by atoms with Crippen molar-refractivity contribution >= 4 is 11.5 Å². The third-order valence-corrected chi connectivity index (χ3v) is 3.99. The van der Waals surface area contributed by atoms with Crippen molar-refractivity contribution in [1.82, 2.24) is 9.78 Å². The summed E-state index contributed by atoms with van der Waals surface area (Å²) in [7, 11) is 0. The predicted molar refractivity (Wildman–Crippen MR) is 78.3 cm³/mol. The normalized spacial score (nSPS) is 18.5. The number of nitrogens with two attached hydrogens (primary N) is 1. The Kier molecular flexibility index (Phi) is 4.34. The third kappa shape index (κ3) is 3.21. The van der Waals surface area contributed by atoms with Crippen molar-refractivity contribution in [3.8, 4) is 0 Å². The molecule has 0 spiro atoms. The summed E-state index contributed by atoms with van der Waals surface area (Å²) in [5, 5.41) is 8.01. The van der Waals surface area contributed by atoms with E-state index in [9.17, 15) is 0 Å². The summed E-state index contributed by atoms with van der Waals surface area (Å²) in [6, 6.07) is 0. The van der Waals surface area contributed by atoms with Gasteiger partial charge in [-0.2, -0.15) is 5.10 Å². The Morgan fingerprint density at radius 1 is 1.42 bits per heavy atom. The van der Waals surface area contributed by atoms with Gasteiger partial charge in [-0.05, 0) is 31.6 Å². The molecule has 5 heteroatoms. The van der Waals surface area contributed by atoms with Gasteiger partial charge in [0.05, 0.1) is 11.4 Å². The molecular formula is C14H26N4O. The molecule has 2 rings (SSSR count). The molecule has 0 aromatic carbocycles. The van der Waals surface area contributed by atoms with Crippen LogP contribution in [0.2, 0.25) is 0 Å². The Morgan fingerprint density at radius 2 is 2.11 bits per heavy atom. The monoisotopic (exact) mass is 266 g/mol. The van der Waals surface area contributed by atoms with Crippen molar-refractivity contribution < 1.29 is 4.74 Å². The maximum absolute atomic E-state index is 6.12. The van der Waals surface area contributed by atoms with Gasteiger partial charge in [0, 0.05) is 26.3 Å². The maximum atomic E-state index is 6.12. The number of nitrogen functional groups attached to an aromatic ring is 1. The highest BCUT2D eigenvalue weighted by Crippen LogP contribution is 2.31. The zero-order valence-corrected chi connectivity index (χ0v) is 12.3. The van der Waals surface area contributed by atoms with Crippen LogP contribution in [-0.4, -0.2) is 29.5 Å². The molecule has 0 radical (unpaired) electrons. The highest BCUT2D eigenvalue weighted by atomic mass is 16.5. The minimum absolute atomic E-state index is 0.292. The number of rotatable bonds is 5. The largest absolute Gasteiger partial charge is 0.394 e. The first-order valence-electron chi connectivity index (χ1n) is 7.20. The van der Waals surface area contributed by atoms with Crippen molar-refractivity contribution in [2.75, 3.05) is 30.8 Å². The van der Waals surface area contributed by atoms with E-state index >= 15 is 0 Å². The second-order valence-corrected chi connectivity index (χ2v) is 5.85. The molecule has 3 N–H and O–H groups in total. The van der Waals surface area contributed by atoms with Crippen LogP contribution in [0.15, 0.2) is 0 Å². The molecule has 19 heavy (non-hydrogen) atoms. The molecule has 1 saturated heterocycles. The molecule has 0 aliphatic carbocycles. The zero-order chi connectivity index (χ0) is 13.9. The molecule has 1 aromatic rings. The van der Waals surface area contributed by atoms with Crippen LogP contribution in [0.1, 0.15) is 38.8 Å². The van der Waals surface area contributed by atoms with Crippen LogP contribution >= 0.6 is 0 Å². The first kappa shape index (κ1) is 14.2. The molecule has 1 aromatic heterocycles. The second-order valence-electron chi connectivity index (χ2n) is 5.85. The van der Waals surface area contributed by atoms with E-state index in [1.807, 2.05) is 11.6 Å². The third-order valence-electron chi connectivity index (χ3n) is 3.99. The Bertz CT molecular complexity index is 421. The molecule has 0 unspecified atom stereocenters. The van der Waals surface area contributed by atoms with E-state index in [0.717, 1.165) is 62.8 Å². The maximum Gasteiger partial charge on any atom is 0.148 e. The Morgan fingerprint density at radius 3 is 2.74 bits per heavy atom. The van der Waals surface area contributed by atoms with Gasteiger partial charge in [0.1, 0.15) is 5.82 Å². The zero-order valence-electron chi connectivity index (χ0n) is 12.3.